The third-order valence-corrected chi connectivity index (χ3v) is 5.35. The van der Waals surface area contributed by atoms with E-state index >= 15 is 0 Å². The quantitative estimate of drug-likeness (QED) is 0.576. The molecule has 0 radical (unpaired) electrons. The number of carbonyl (C=O) groups excluding carboxylic acids is 2. The lowest BCUT2D eigenvalue weighted by Crippen LogP contribution is -2.39. The topological polar surface area (TPSA) is 104 Å². The summed E-state index contributed by atoms with van der Waals surface area (Å²) in [6.07, 6.45) is 0. The molecule has 0 N–H and O–H groups in total. The molecule has 2 amide bonds. The van der Waals surface area contributed by atoms with Crippen molar-refractivity contribution in [1.82, 2.24) is 15.1 Å². The van der Waals surface area contributed by atoms with Gasteiger partial charge in [0.1, 0.15) is 12.4 Å². The Hall–Kier alpha value is -3.66. The molecule has 1 fully saturated rings. The van der Waals surface area contributed by atoms with E-state index in [0.29, 0.717) is 22.0 Å². The molecule has 2 aromatic carbocycles. The van der Waals surface area contributed by atoms with Crippen molar-refractivity contribution in [3.8, 4) is 11.4 Å². The normalized spacial score (nSPS) is 20.1. The van der Waals surface area contributed by atoms with E-state index in [1.54, 1.807) is 31.2 Å². The van der Waals surface area contributed by atoms with Crippen molar-refractivity contribution in [2.75, 3.05) is 4.90 Å². The molecular formula is C20H14ClFN6O3. The lowest BCUT2D eigenvalue weighted by molar-refractivity contribution is -0.123. The summed E-state index contributed by atoms with van der Waals surface area (Å²) in [6.45, 7) is 1.58. The zero-order valence-corrected chi connectivity index (χ0v) is 16.8. The highest BCUT2D eigenvalue weighted by Crippen LogP contribution is 2.33. The van der Waals surface area contributed by atoms with Gasteiger partial charge in [0.15, 0.2) is 12.1 Å². The maximum absolute atomic E-state index is 14.0. The summed E-state index contributed by atoms with van der Waals surface area (Å²) in [7, 11) is 0. The van der Waals surface area contributed by atoms with Gasteiger partial charge >= 0.3 is 0 Å². The van der Waals surface area contributed by atoms with Gasteiger partial charge in [-0.25, -0.2) is 9.29 Å². The highest BCUT2D eigenvalue weighted by molar-refractivity contribution is 6.30. The third kappa shape index (κ3) is 3.25. The fraction of sp³-hybridized carbons (Fsp3) is 0.200. The number of fused-ring (bicyclic) bond motifs is 1. The van der Waals surface area contributed by atoms with Gasteiger partial charge in [-0.3, -0.25) is 14.6 Å². The summed E-state index contributed by atoms with van der Waals surface area (Å²) >= 11 is 5.99. The first kappa shape index (κ1) is 19.3. The lowest BCUT2D eigenvalue weighted by atomic mass is 10.1. The molecule has 156 valence electrons. The molecule has 1 saturated heterocycles. The average molecular weight is 441 g/mol. The Labute approximate surface area is 180 Å². The number of imide groups is 1. The smallest absolute Gasteiger partial charge is 0.263 e. The fourth-order valence-corrected chi connectivity index (χ4v) is 3.72. The summed E-state index contributed by atoms with van der Waals surface area (Å²) < 4.78 is 19.2. The fourth-order valence-electron chi connectivity index (χ4n) is 3.53. The van der Waals surface area contributed by atoms with Crippen LogP contribution in [-0.2, 0) is 16.1 Å². The molecule has 2 aliphatic rings. The van der Waals surface area contributed by atoms with E-state index in [4.69, 9.17) is 16.1 Å². The SMILES string of the molecule is Cc1ccc(N2C(=O)[C@H]3N=NN(Cc4nc(-c5cccc(Cl)c5)no4)[C@H]3C2=O)cc1F. The van der Waals surface area contributed by atoms with Crippen molar-refractivity contribution in [2.45, 2.75) is 25.6 Å². The second kappa shape index (κ2) is 7.24. The molecule has 0 unspecified atom stereocenters. The van der Waals surface area contributed by atoms with Gasteiger partial charge in [0.25, 0.3) is 11.8 Å². The van der Waals surface area contributed by atoms with Gasteiger partial charge in [0, 0.05) is 10.6 Å². The van der Waals surface area contributed by atoms with Crippen LogP contribution in [0.25, 0.3) is 11.4 Å². The minimum absolute atomic E-state index is 0.0205. The number of hydrogen-bond acceptors (Lipinski definition) is 8. The van der Waals surface area contributed by atoms with Crippen molar-refractivity contribution >= 4 is 29.1 Å². The van der Waals surface area contributed by atoms with Gasteiger partial charge in [-0.2, -0.15) is 10.1 Å². The van der Waals surface area contributed by atoms with Crippen LogP contribution in [-0.4, -0.2) is 39.0 Å². The Morgan fingerprint density at radius 2 is 2.00 bits per heavy atom. The molecule has 31 heavy (non-hydrogen) atoms. The predicted molar refractivity (Wildman–Crippen MR) is 106 cm³/mol. The third-order valence-electron chi connectivity index (χ3n) is 5.12. The largest absolute Gasteiger partial charge is 0.337 e. The van der Waals surface area contributed by atoms with Gasteiger partial charge in [-0.15, -0.1) is 0 Å². The first-order valence-electron chi connectivity index (χ1n) is 9.32. The van der Waals surface area contributed by atoms with Crippen molar-refractivity contribution in [3.63, 3.8) is 0 Å². The number of rotatable bonds is 4. The molecule has 11 heteroatoms. The van der Waals surface area contributed by atoms with Gasteiger partial charge in [0.05, 0.1) is 5.69 Å². The molecule has 9 nitrogen and oxygen atoms in total. The standard InChI is InChI=1S/C20H14ClFN6O3/c1-10-5-6-13(8-14(10)22)28-19(29)16-17(20(28)30)27(26-24-16)9-15-23-18(25-31-15)11-3-2-4-12(21)7-11/h2-8,16-17H,9H2,1H3/t16-,17+/m0/s1. The summed E-state index contributed by atoms with van der Waals surface area (Å²) in [6, 6.07) is 9.18. The maximum atomic E-state index is 14.0. The van der Waals surface area contributed by atoms with E-state index in [2.05, 4.69) is 20.5 Å². The van der Waals surface area contributed by atoms with E-state index < -0.39 is 29.7 Å². The van der Waals surface area contributed by atoms with Crippen LogP contribution in [0.15, 0.2) is 57.3 Å². The maximum Gasteiger partial charge on any atom is 0.263 e. The van der Waals surface area contributed by atoms with E-state index in [1.165, 1.54) is 17.1 Å². The zero-order valence-electron chi connectivity index (χ0n) is 16.1. The van der Waals surface area contributed by atoms with Crippen molar-refractivity contribution in [2.24, 2.45) is 10.3 Å². The average Bonchev–Trinajstić information content (AvgIpc) is 3.43. The van der Waals surface area contributed by atoms with Gasteiger partial charge in [-0.1, -0.05) is 40.2 Å². The van der Waals surface area contributed by atoms with Crippen molar-refractivity contribution < 1.29 is 18.5 Å². The van der Waals surface area contributed by atoms with Crippen LogP contribution in [0.3, 0.4) is 0 Å². The molecule has 2 aliphatic heterocycles. The molecule has 3 aromatic rings. The van der Waals surface area contributed by atoms with Crippen LogP contribution in [0.1, 0.15) is 11.5 Å². The van der Waals surface area contributed by atoms with Crippen LogP contribution < -0.4 is 4.90 Å². The van der Waals surface area contributed by atoms with Gasteiger partial charge in [-0.05, 0) is 36.8 Å². The van der Waals surface area contributed by atoms with E-state index in [1.807, 2.05) is 0 Å². The number of benzene rings is 2. The predicted octanol–water partition coefficient (Wildman–Crippen LogP) is 3.33. The first-order chi connectivity index (χ1) is 14.9. The Morgan fingerprint density at radius 1 is 1.16 bits per heavy atom. The summed E-state index contributed by atoms with van der Waals surface area (Å²) in [5.74, 6) is -1.09. The number of anilines is 1. The van der Waals surface area contributed by atoms with Gasteiger partial charge < -0.3 is 4.52 Å². The Bertz CT molecular complexity index is 1250. The molecule has 2 atom stereocenters. The van der Waals surface area contributed by atoms with E-state index in [9.17, 15) is 14.0 Å². The molecule has 3 heterocycles. The van der Waals surface area contributed by atoms with Crippen LogP contribution in [0.5, 0.6) is 0 Å². The Morgan fingerprint density at radius 3 is 2.77 bits per heavy atom. The molecule has 1 aromatic heterocycles. The number of carbonyl (C=O) groups is 2. The summed E-state index contributed by atoms with van der Waals surface area (Å²) in [5.41, 5.74) is 1.24. The Kier molecular flexibility index (Phi) is 4.51. The van der Waals surface area contributed by atoms with Crippen LogP contribution >= 0.6 is 11.6 Å². The molecule has 0 aliphatic carbocycles. The summed E-state index contributed by atoms with van der Waals surface area (Å²) in [4.78, 5) is 31.0. The van der Waals surface area contributed by atoms with Gasteiger partial charge in [0.2, 0.25) is 11.7 Å². The number of aryl methyl sites for hydroxylation is 1. The molecule has 5 rings (SSSR count). The number of nitrogens with zero attached hydrogens (tertiary/aromatic N) is 6. The van der Waals surface area contributed by atoms with Crippen molar-refractivity contribution in [3.05, 3.63) is 64.8 Å². The summed E-state index contributed by atoms with van der Waals surface area (Å²) in [5, 5.41) is 13.7. The Balaban J connectivity index is 1.37. The zero-order chi connectivity index (χ0) is 21.7. The molecule has 0 saturated carbocycles. The molecular weight excluding hydrogens is 427 g/mol. The van der Waals surface area contributed by atoms with Crippen LogP contribution in [0.4, 0.5) is 10.1 Å². The second-order valence-electron chi connectivity index (χ2n) is 7.16. The lowest BCUT2D eigenvalue weighted by Gasteiger charge is -2.19. The minimum atomic E-state index is -1.01. The first-order valence-corrected chi connectivity index (χ1v) is 9.70. The monoisotopic (exact) mass is 440 g/mol. The molecule has 0 bridgehead atoms. The van der Waals surface area contributed by atoms with Crippen LogP contribution in [0, 0.1) is 12.7 Å². The molecule has 0 spiro atoms. The van der Waals surface area contributed by atoms with E-state index in [-0.39, 0.29) is 18.1 Å². The minimum Gasteiger partial charge on any atom is -0.337 e. The number of aromatic nitrogens is 2. The second-order valence-corrected chi connectivity index (χ2v) is 7.60. The number of hydrogen-bond donors (Lipinski definition) is 0. The highest BCUT2D eigenvalue weighted by atomic mass is 35.5. The van der Waals surface area contributed by atoms with Crippen molar-refractivity contribution in [1.29, 1.82) is 0 Å². The number of amides is 2. The van der Waals surface area contributed by atoms with E-state index in [0.717, 1.165) is 11.0 Å². The van der Waals surface area contributed by atoms with Crippen LogP contribution in [0.2, 0.25) is 5.02 Å². The highest BCUT2D eigenvalue weighted by Gasteiger charge is 2.55. The number of halogens is 2.